The molecule has 0 radical (unpaired) electrons. The van der Waals surface area contributed by atoms with Crippen molar-refractivity contribution in [2.75, 3.05) is 13.7 Å². The summed E-state index contributed by atoms with van der Waals surface area (Å²) in [7, 11) is 1.36. The number of ether oxygens (including phenoxy) is 2. The summed E-state index contributed by atoms with van der Waals surface area (Å²) in [5, 5.41) is 5.51. The lowest BCUT2D eigenvalue weighted by Crippen LogP contribution is -2.50. The fourth-order valence-electron chi connectivity index (χ4n) is 2.75. The molecule has 0 bridgehead atoms. The second kappa shape index (κ2) is 7.30. The van der Waals surface area contributed by atoms with E-state index in [1.807, 2.05) is 13.0 Å². The molecule has 2 N–H and O–H groups in total. The molecule has 2 rings (SSSR count). The first-order valence-corrected chi connectivity index (χ1v) is 7.69. The van der Waals surface area contributed by atoms with Crippen LogP contribution in [0.5, 0.6) is 0 Å². The quantitative estimate of drug-likeness (QED) is 0.746. The van der Waals surface area contributed by atoms with Crippen LogP contribution >= 0.6 is 0 Å². The van der Waals surface area contributed by atoms with Gasteiger partial charge >= 0.3 is 18.0 Å². The molecule has 126 valence electrons. The highest BCUT2D eigenvalue weighted by Gasteiger charge is 2.36. The van der Waals surface area contributed by atoms with Crippen LogP contribution in [0.1, 0.15) is 33.1 Å². The minimum atomic E-state index is -0.427. The summed E-state index contributed by atoms with van der Waals surface area (Å²) in [6.45, 7) is 3.83. The van der Waals surface area contributed by atoms with Crippen LogP contribution in [0, 0.1) is 5.92 Å². The van der Waals surface area contributed by atoms with Gasteiger partial charge in [-0.3, -0.25) is 4.79 Å². The fraction of sp³-hybridized carbons (Fsp3) is 0.562. The zero-order chi connectivity index (χ0) is 17.0. The molecule has 7 heteroatoms. The Kier molecular flexibility index (Phi) is 5.41. The molecule has 7 nitrogen and oxygen atoms in total. The Balaban J connectivity index is 1.88. The molecule has 23 heavy (non-hydrogen) atoms. The molecule has 0 unspecified atom stereocenters. The molecule has 1 fully saturated rings. The second-order valence-electron chi connectivity index (χ2n) is 5.65. The minimum absolute atomic E-state index is 0.0544. The second-order valence-corrected chi connectivity index (χ2v) is 5.65. The number of rotatable bonds is 5. The van der Waals surface area contributed by atoms with Gasteiger partial charge in [-0.1, -0.05) is 6.08 Å². The van der Waals surface area contributed by atoms with E-state index >= 15 is 0 Å². The number of carbonyl (C=O) groups excluding carboxylic acids is 3. The number of carbonyl (C=O) groups is 3. The van der Waals surface area contributed by atoms with Gasteiger partial charge in [0.25, 0.3) is 0 Å². The van der Waals surface area contributed by atoms with Crippen LogP contribution < -0.4 is 10.6 Å². The van der Waals surface area contributed by atoms with Crippen molar-refractivity contribution < 1.29 is 23.9 Å². The molecule has 0 aromatic heterocycles. The number of urea groups is 1. The van der Waals surface area contributed by atoms with Crippen LogP contribution in [0.3, 0.4) is 0 Å². The van der Waals surface area contributed by atoms with Gasteiger partial charge in [0, 0.05) is 18.2 Å². The zero-order valence-electron chi connectivity index (χ0n) is 13.6. The highest BCUT2D eigenvalue weighted by molar-refractivity contribution is 5.96. The summed E-state index contributed by atoms with van der Waals surface area (Å²) in [6, 6.07) is -0.431. The number of methoxy groups -OCH3 is 1. The van der Waals surface area contributed by atoms with E-state index in [2.05, 4.69) is 15.4 Å². The van der Waals surface area contributed by atoms with Crippen molar-refractivity contribution in [1.82, 2.24) is 10.6 Å². The lowest BCUT2D eigenvalue weighted by atomic mass is 9.80. The average molecular weight is 322 g/mol. The Hall–Kier alpha value is -2.31. The van der Waals surface area contributed by atoms with Gasteiger partial charge in [0.15, 0.2) is 0 Å². The summed E-state index contributed by atoms with van der Waals surface area (Å²) in [6.07, 6.45) is 3.50. The molecule has 0 aliphatic heterocycles. The Labute approximate surface area is 135 Å². The van der Waals surface area contributed by atoms with Gasteiger partial charge < -0.3 is 20.1 Å². The van der Waals surface area contributed by atoms with Gasteiger partial charge in [0.1, 0.15) is 0 Å². The third-order valence-electron chi connectivity index (χ3n) is 4.06. The fourth-order valence-corrected chi connectivity index (χ4v) is 2.75. The van der Waals surface area contributed by atoms with Crippen LogP contribution in [0.25, 0.3) is 0 Å². The van der Waals surface area contributed by atoms with Gasteiger partial charge in [-0.05, 0) is 32.3 Å². The summed E-state index contributed by atoms with van der Waals surface area (Å²) in [5.74, 6) is -0.815. The Morgan fingerprint density at radius 2 is 2.00 bits per heavy atom. The first-order chi connectivity index (χ1) is 11.0. The number of amides is 2. The number of esters is 2. The Morgan fingerprint density at radius 3 is 2.61 bits per heavy atom. The topological polar surface area (TPSA) is 93.7 Å². The van der Waals surface area contributed by atoms with Crippen LogP contribution in [-0.4, -0.2) is 37.7 Å². The first-order valence-electron chi connectivity index (χ1n) is 7.69. The Bertz CT molecular complexity index is 573. The van der Waals surface area contributed by atoms with E-state index in [1.54, 1.807) is 6.92 Å². The highest BCUT2D eigenvalue weighted by atomic mass is 16.5. The molecular formula is C16H22N2O5. The highest BCUT2D eigenvalue weighted by Crippen LogP contribution is 2.29. The molecule has 0 heterocycles. The third kappa shape index (κ3) is 3.91. The molecule has 2 aliphatic rings. The van der Waals surface area contributed by atoms with E-state index in [-0.39, 0.29) is 30.6 Å². The van der Waals surface area contributed by atoms with Crippen molar-refractivity contribution in [3.8, 4) is 0 Å². The number of hydrogen-bond donors (Lipinski definition) is 2. The normalized spacial score (nSPS) is 22.8. The van der Waals surface area contributed by atoms with Gasteiger partial charge in [-0.15, -0.1) is 0 Å². The predicted octanol–water partition coefficient (Wildman–Crippen LogP) is 1.40. The molecular weight excluding hydrogens is 300 g/mol. The summed E-state index contributed by atoms with van der Waals surface area (Å²) in [4.78, 5) is 35.3. The molecule has 0 aromatic carbocycles. The third-order valence-corrected chi connectivity index (χ3v) is 4.06. The lowest BCUT2D eigenvalue weighted by molar-refractivity contribution is -0.149. The maximum atomic E-state index is 12.0. The Morgan fingerprint density at radius 1 is 1.30 bits per heavy atom. The van der Waals surface area contributed by atoms with Crippen LogP contribution in [0.2, 0.25) is 0 Å². The van der Waals surface area contributed by atoms with Gasteiger partial charge in [0.05, 0.1) is 25.2 Å². The first kappa shape index (κ1) is 17.1. The number of hydrogen-bond acceptors (Lipinski definition) is 5. The molecule has 0 saturated heterocycles. The van der Waals surface area contributed by atoms with Crippen molar-refractivity contribution in [3.63, 3.8) is 0 Å². The van der Waals surface area contributed by atoms with Crippen LogP contribution in [0.15, 0.2) is 22.9 Å². The van der Waals surface area contributed by atoms with E-state index in [1.165, 1.54) is 7.11 Å². The van der Waals surface area contributed by atoms with Crippen LogP contribution in [-0.2, 0) is 19.1 Å². The summed E-state index contributed by atoms with van der Waals surface area (Å²) in [5.41, 5.74) is 1.76. The van der Waals surface area contributed by atoms with Gasteiger partial charge in [0.2, 0.25) is 0 Å². The minimum Gasteiger partial charge on any atom is -0.469 e. The van der Waals surface area contributed by atoms with Crippen molar-refractivity contribution in [2.24, 2.45) is 5.92 Å². The van der Waals surface area contributed by atoms with Gasteiger partial charge in [-0.25, -0.2) is 9.59 Å². The maximum absolute atomic E-state index is 12.0. The van der Waals surface area contributed by atoms with Gasteiger partial charge in [-0.2, -0.15) is 0 Å². The molecule has 2 amide bonds. The van der Waals surface area contributed by atoms with E-state index in [4.69, 9.17) is 4.74 Å². The molecule has 2 aliphatic carbocycles. The van der Waals surface area contributed by atoms with E-state index in [0.717, 1.165) is 5.57 Å². The molecule has 0 aromatic rings. The standard InChI is InChI=1S/C16H22N2O5/c1-4-23-15(20)13-9(2)5-6-12(13)18-16(21)17-11-7-10(8-11)14(19)22-3/h5,10-11H,4,6-8H2,1-3H3,(H2,17,18,21). The molecule has 1 saturated carbocycles. The zero-order valence-corrected chi connectivity index (χ0v) is 13.6. The maximum Gasteiger partial charge on any atom is 0.340 e. The SMILES string of the molecule is CCOC(=O)C1=C(NC(=O)NC2CC(C(=O)OC)C2)CC=C1C. The van der Waals surface area contributed by atoms with Crippen molar-refractivity contribution in [2.45, 2.75) is 39.2 Å². The van der Waals surface area contributed by atoms with Crippen molar-refractivity contribution >= 4 is 18.0 Å². The number of nitrogens with one attached hydrogen (secondary N) is 2. The monoisotopic (exact) mass is 322 g/mol. The van der Waals surface area contributed by atoms with Crippen molar-refractivity contribution in [3.05, 3.63) is 22.9 Å². The van der Waals surface area contributed by atoms with E-state index in [0.29, 0.717) is 30.5 Å². The summed E-state index contributed by atoms with van der Waals surface area (Å²) >= 11 is 0. The summed E-state index contributed by atoms with van der Waals surface area (Å²) < 4.78 is 9.67. The van der Waals surface area contributed by atoms with E-state index in [9.17, 15) is 14.4 Å². The van der Waals surface area contributed by atoms with Crippen molar-refractivity contribution in [1.29, 1.82) is 0 Å². The molecule has 0 spiro atoms. The number of allylic oxidation sites excluding steroid dienone is 1. The average Bonchev–Trinajstić information content (AvgIpc) is 2.82. The largest absolute Gasteiger partial charge is 0.469 e. The molecule has 0 atom stereocenters. The lowest BCUT2D eigenvalue weighted by Gasteiger charge is -2.33. The smallest absolute Gasteiger partial charge is 0.340 e. The van der Waals surface area contributed by atoms with E-state index < -0.39 is 5.97 Å². The van der Waals surface area contributed by atoms with Crippen LogP contribution in [0.4, 0.5) is 4.79 Å². The predicted molar refractivity (Wildman–Crippen MR) is 82.2 cm³/mol.